The van der Waals surface area contributed by atoms with Crippen molar-refractivity contribution in [3.05, 3.63) is 147 Å². The van der Waals surface area contributed by atoms with Crippen LogP contribution in [0, 0.1) is 17.4 Å². The summed E-state index contributed by atoms with van der Waals surface area (Å²) in [4.78, 5) is 33.6. The van der Waals surface area contributed by atoms with Crippen molar-refractivity contribution in [3.8, 4) is 5.69 Å². The number of aromatic nitrogens is 2. The molecule has 45 heavy (non-hydrogen) atoms. The molecule has 3 aromatic carbocycles. The zero-order valence-electron chi connectivity index (χ0n) is 25.9. The maximum atomic E-state index is 14.4. The van der Waals surface area contributed by atoms with Crippen LogP contribution in [0.2, 0.25) is 0 Å². The molecular formula is C37H34IN3O3S. The van der Waals surface area contributed by atoms with Crippen LogP contribution in [0.3, 0.4) is 0 Å². The van der Waals surface area contributed by atoms with Crippen molar-refractivity contribution in [3.63, 3.8) is 0 Å². The molecule has 6 nitrogen and oxygen atoms in total. The molecule has 0 saturated heterocycles. The van der Waals surface area contributed by atoms with Crippen LogP contribution in [0.1, 0.15) is 66.4 Å². The molecule has 1 aliphatic rings. The number of benzene rings is 3. The number of thiazole rings is 1. The molecule has 1 atom stereocenters. The third kappa shape index (κ3) is 5.89. The number of halogens is 1. The fraction of sp³-hybridized carbons (Fsp3) is 0.216. The number of hydrogen-bond donors (Lipinski definition) is 0. The Hall–Kier alpha value is -4.02. The topological polar surface area (TPSA) is 65.6 Å². The highest BCUT2D eigenvalue weighted by molar-refractivity contribution is 14.1. The molecular weight excluding hydrogens is 693 g/mol. The lowest BCUT2D eigenvalue weighted by molar-refractivity contribution is -0.138. The molecule has 6 rings (SSSR count). The van der Waals surface area contributed by atoms with E-state index in [0.717, 1.165) is 33.8 Å². The molecule has 8 heteroatoms. The quantitative estimate of drug-likeness (QED) is 0.133. The summed E-state index contributed by atoms with van der Waals surface area (Å²) in [5, 5.41) is 0. The third-order valence-electron chi connectivity index (χ3n) is 8.13. The zero-order valence-corrected chi connectivity index (χ0v) is 28.8. The number of rotatable bonds is 7. The van der Waals surface area contributed by atoms with Gasteiger partial charge in [0, 0.05) is 26.2 Å². The normalized spacial score (nSPS) is 14.9. The molecule has 228 valence electrons. The molecule has 0 N–H and O–H groups in total. The SMILES string of the molecule is CCOC(=O)C1=C(c2ccccc2)N=c2s/c(=C\c3cc(C)n(-c4ccc(I)cc4)c3C)c(=O)n2[C@H]1c1ccc(C(C)C)cc1. The lowest BCUT2D eigenvalue weighted by Crippen LogP contribution is -2.40. The second kappa shape index (κ2) is 12.8. The van der Waals surface area contributed by atoms with Gasteiger partial charge in [-0.1, -0.05) is 79.8 Å². The van der Waals surface area contributed by atoms with Crippen molar-refractivity contribution in [2.45, 2.75) is 46.6 Å². The number of esters is 1. The predicted octanol–water partition coefficient (Wildman–Crippen LogP) is 7.07. The van der Waals surface area contributed by atoms with Crippen molar-refractivity contribution in [1.29, 1.82) is 0 Å². The molecule has 0 radical (unpaired) electrons. The Morgan fingerprint density at radius 2 is 1.71 bits per heavy atom. The van der Waals surface area contributed by atoms with Gasteiger partial charge in [-0.15, -0.1) is 0 Å². The van der Waals surface area contributed by atoms with Crippen LogP contribution in [0.25, 0.3) is 17.5 Å². The average molecular weight is 728 g/mol. The minimum Gasteiger partial charge on any atom is -0.463 e. The van der Waals surface area contributed by atoms with Crippen molar-refractivity contribution in [1.82, 2.24) is 9.13 Å². The molecule has 1 aliphatic heterocycles. The Morgan fingerprint density at radius 1 is 1.02 bits per heavy atom. The molecule has 3 heterocycles. The van der Waals surface area contributed by atoms with Crippen molar-refractivity contribution in [2.24, 2.45) is 4.99 Å². The van der Waals surface area contributed by atoms with Crippen LogP contribution < -0.4 is 14.9 Å². The summed E-state index contributed by atoms with van der Waals surface area (Å²) in [6.07, 6.45) is 1.95. The summed E-state index contributed by atoms with van der Waals surface area (Å²) in [6.45, 7) is 10.4. The molecule has 0 saturated carbocycles. The van der Waals surface area contributed by atoms with E-state index >= 15 is 0 Å². The van der Waals surface area contributed by atoms with Crippen LogP contribution in [-0.2, 0) is 9.53 Å². The first-order valence-corrected chi connectivity index (χ1v) is 16.9. The Labute approximate surface area is 280 Å². The van der Waals surface area contributed by atoms with Gasteiger partial charge in [-0.2, -0.15) is 0 Å². The maximum Gasteiger partial charge on any atom is 0.338 e. The van der Waals surface area contributed by atoms with Gasteiger partial charge in [0.15, 0.2) is 4.80 Å². The highest BCUT2D eigenvalue weighted by Crippen LogP contribution is 2.35. The summed E-state index contributed by atoms with van der Waals surface area (Å²) in [5.74, 6) is -0.132. The Morgan fingerprint density at radius 3 is 2.36 bits per heavy atom. The average Bonchev–Trinajstić information content (AvgIpc) is 3.50. The van der Waals surface area contributed by atoms with Crippen molar-refractivity contribution in [2.75, 3.05) is 6.61 Å². The molecule has 2 aromatic heterocycles. The van der Waals surface area contributed by atoms with Crippen molar-refractivity contribution >= 4 is 51.7 Å². The molecule has 5 aromatic rings. The van der Waals surface area contributed by atoms with Gasteiger partial charge in [0.25, 0.3) is 5.56 Å². The molecule has 0 fully saturated rings. The van der Waals surface area contributed by atoms with Crippen LogP contribution >= 0.6 is 33.9 Å². The maximum absolute atomic E-state index is 14.4. The largest absolute Gasteiger partial charge is 0.463 e. The first kappa shape index (κ1) is 31.0. The molecule has 0 spiro atoms. The van der Waals surface area contributed by atoms with Gasteiger partial charge in [-0.3, -0.25) is 9.36 Å². The van der Waals surface area contributed by atoms with Gasteiger partial charge in [-0.25, -0.2) is 9.79 Å². The van der Waals surface area contributed by atoms with Gasteiger partial charge in [0.2, 0.25) is 0 Å². The minimum atomic E-state index is -0.696. The van der Waals surface area contributed by atoms with Crippen LogP contribution in [0.4, 0.5) is 0 Å². The first-order valence-electron chi connectivity index (χ1n) is 15.0. The number of ether oxygens (including phenoxy) is 1. The van der Waals surface area contributed by atoms with Gasteiger partial charge in [0.1, 0.15) is 0 Å². The van der Waals surface area contributed by atoms with E-state index in [1.807, 2.05) is 48.5 Å². The second-order valence-corrected chi connectivity index (χ2v) is 13.6. The number of hydrogen-bond acceptors (Lipinski definition) is 5. The second-order valence-electron chi connectivity index (χ2n) is 11.4. The lowest BCUT2D eigenvalue weighted by Gasteiger charge is -2.26. The molecule has 0 aliphatic carbocycles. The first-order chi connectivity index (χ1) is 21.7. The van der Waals surface area contributed by atoms with E-state index in [2.05, 4.69) is 97.3 Å². The van der Waals surface area contributed by atoms with E-state index in [0.29, 0.717) is 26.5 Å². The summed E-state index contributed by atoms with van der Waals surface area (Å²) >= 11 is 3.65. The van der Waals surface area contributed by atoms with Crippen LogP contribution in [0.15, 0.2) is 100 Å². The van der Waals surface area contributed by atoms with Crippen molar-refractivity contribution < 1.29 is 9.53 Å². The van der Waals surface area contributed by atoms with Crippen LogP contribution in [-0.4, -0.2) is 21.7 Å². The van der Waals surface area contributed by atoms with E-state index in [4.69, 9.17) is 9.73 Å². The predicted molar refractivity (Wildman–Crippen MR) is 190 cm³/mol. The number of carbonyl (C=O) groups is 1. The number of aryl methyl sites for hydroxylation is 1. The number of nitrogens with zero attached hydrogens (tertiary/aromatic N) is 3. The van der Waals surface area contributed by atoms with E-state index in [-0.39, 0.29) is 12.2 Å². The minimum absolute atomic E-state index is 0.190. The molecule has 0 unspecified atom stereocenters. The summed E-state index contributed by atoms with van der Waals surface area (Å²) < 4.78 is 11.2. The number of fused-ring (bicyclic) bond motifs is 1. The summed E-state index contributed by atoms with van der Waals surface area (Å²) in [5.41, 5.74) is 7.64. The van der Waals surface area contributed by atoms with Gasteiger partial charge in [0.05, 0.1) is 28.5 Å². The number of carbonyl (C=O) groups excluding carboxylic acids is 1. The Balaban J connectivity index is 1.59. The van der Waals surface area contributed by atoms with Gasteiger partial charge in [-0.05, 0) is 102 Å². The fourth-order valence-electron chi connectivity index (χ4n) is 5.88. The summed E-state index contributed by atoms with van der Waals surface area (Å²) in [6, 6.07) is 27.6. The monoisotopic (exact) mass is 727 g/mol. The van der Waals surface area contributed by atoms with E-state index in [1.165, 1.54) is 20.5 Å². The van der Waals surface area contributed by atoms with Gasteiger partial charge >= 0.3 is 5.97 Å². The van der Waals surface area contributed by atoms with E-state index in [1.54, 1.807) is 11.5 Å². The fourth-order valence-corrected chi connectivity index (χ4v) is 7.23. The third-order valence-corrected chi connectivity index (χ3v) is 9.84. The van der Waals surface area contributed by atoms with E-state index in [9.17, 15) is 9.59 Å². The van der Waals surface area contributed by atoms with Crippen LogP contribution in [0.5, 0.6) is 0 Å². The van der Waals surface area contributed by atoms with Gasteiger partial charge < -0.3 is 9.30 Å². The summed E-state index contributed by atoms with van der Waals surface area (Å²) in [7, 11) is 0. The molecule has 0 amide bonds. The standard InChI is InChI=1S/C37H34IN3O3S/c1-6-44-36(43)32-33(26-10-8-7-9-11-26)39-37-41(34(32)27-14-12-25(13-15-27)22(2)3)35(42)31(45-37)21-28-20-23(4)40(24(28)5)30-18-16-29(38)17-19-30/h7-22,34H,6H2,1-5H3/b31-21-/t34-/m0/s1. The highest BCUT2D eigenvalue weighted by Gasteiger charge is 2.35. The Bertz CT molecular complexity index is 2100. The highest BCUT2D eigenvalue weighted by atomic mass is 127. The zero-order chi connectivity index (χ0) is 31.8. The van der Waals surface area contributed by atoms with E-state index < -0.39 is 12.0 Å². The smallest absolute Gasteiger partial charge is 0.338 e. The molecule has 0 bridgehead atoms. The Kier molecular flexibility index (Phi) is 8.79. The lowest BCUT2D eigenvalue weighted by atomic mass is 9.91.